The first-order valence-electron chi connectivity index (χ1n) is 7.53. The first-order valence-corrected chi connectivity index (χ1v) is 9.14. The molecule has 8 heteroatoms. The molecule has 124 valence electrons. The average molecular weight is 338 g/mol. The highest BCUT2D eigenvalue weighted by Crippen LogP contribution is 2.17. The Morgan fingerprint density at radius 1 is 1.26 bits per heavy atom. The van der Waals surface area contributed by atoms with Crippen LogP contribution in [0.15, 0.2) is 36.7 Å². The molecule has 1 aromatic carbocycles. The standard InChI is InChI=1S/C15H19FN4O2S/c16-13-3-1-12(2-4-13)11-23(21,22)20-10-9-18-15(20)19-14-5-7-17-8-6-14/h1-4,9-10,14,17H,5-8,11H2,(H,18,19). The van der Waals surface area contributed by atoms with E-state index in [9.17, 15) is 12.8 Å². The van der Waals surface area contributed by atoms with E-state index in [1.807, 2.05) is 0 Å². The number of halogens is 1. The van der Waals surface area contributed by atoms with Gasteiger partial charge in [-0.05, 0) is 43.6 Å². The van der Waals surface area contributed by atoms with Gasteiger partial charge < -0.3 is 10.6 Å². The van der Waals surface area contributed by atoms with Crippen LogP contribution >= 0.6 is 0 Å². The number of hydrogen-bond acceptors (Lipinski definition) is 5. The Kier molecular flexibility index (Phi) is 4.63. The lowest BCUT2D eigenvalue weighted by Gasteiger charge is -2.24. The third-order valence-corrected chi connectivity index (χ3v) is 5.43. The largest absolute Gasteiger partial charge is 0.352 e. The summed E-state index contributed by atoms with van der Waals surface area (Å²) in [6.45, 7) is 1.81. The molecule has 0 spiro atoms. The van der Waals surface area contributed by atoms with E-state index in [-0.39, 0.29) is 17.6 Å². The summed E-state index contributed by atoms with van der Waals surface area (Å²) in [5.41, 5.74) is 0.535. The first-order chi connectivity index (χ1) is 11.0. The van der Waals surface area contributed by atoms with Gasteiger partial charge in [-0.1, -0.05) is 12.1 Å². The van der Waals surface area contributed by atoms with Gasteiger partial charge in [0.25, 0.3) is 0 Å². The van der Waals surface area contributed by atoms with Crippen molar-refractivity contribution >= 4 is 16.0 Å². The van der Waals surface area contributed by atoms with Crippen LogP contribution < -0.4 is 10.6 Å². The minimum atomic E-state index is -3.61. The lowest BCUT2D eigenvalue weighted by molar-refractivity contribution is 0.477. The van der Waals surface area contributed by atoms with Crippen molar-refractivity contribution in [1.82, 2.24) is 14.3 Å². The molecule has 1 saturated heterocycles. The van der Waals surface area contributed by atoms with Gasteiger partial charge >= 0.3 is 0 Å². The van der Waals surface area contributed by atoms with Gasteiger partial charge in [0.1, 0.15) is 5.82 Å². The maximum atomic E-state index is 12.9. The van der Waals surface area contributed by atoms with Gasteiger partial charge in [0, 0.05) is 18.4 Å². The molecule has 1 aliphatic heterocycles. The van der Waals surface area contributed by atoms with Crippen molar-refractivity contribution in [3.8, 4) is 0 Å². The smallest absolute Gasteiger partial charge is 0.245 e. The zero-order chi connectivity index (χ0) is 16.3. The van der Waals surface area contributed by atoms with Gasteiger partial charge in [-0.3, -0.25) is 0 Å². The van der Waals surface area contributed by atoms with Crippen molar-refractivity contribution in [3.05, 3.63) is 48.0 Å². The molecule has 6 nitrogen and oxygen atoms in total. The fraction of sp³-hybridized carbons (Fsp3) is 0.400. The van der Waals surface area contributed by atoms with E-state index >= 15 is 0 Å². The third-order valence-electron chi connectivity index (χ3n) is 3.84. The summed E-state index contributed by atoms with van der Waals surface area (Å²) in [6, 6.07) is 5.67. The Morgan fingerprint density at radius 2 is 1.96 bits per heavy atom. The second-order valence-corrected chi connectivity index (χ2v) is 7.44. The second-order valence-electron chi connectivity index (χ2n) is 5.60. The van der Waals surface area contributed by atoms with Crippen LogP contribution in [-0.4, -0.2) is 36.5 Å². The Hall–Kier alpha value is -1.93. The molecule has 2 N–H and O–H groups in total. The SMILES string of the molecule is O=S(=O)(Cc1ccc(F)cc1)n1ccnc1NC1CCNCC1. The molecule has 1 aliphatic rings. The van der Waals surface area contributed by atoms with Crippen molar-refractivity contribution in [2.75, 3.05) is 18.4 Å². The highest BCUT2D eigenvalue weighted by Gasteiger charge is 2.21. The molecule has 23 heavy (non-hydrogen) atoms. The van der Waals surface area contributed by atoms with Crippen molar-refractivity contribution in [2.24, 2.45) is 0 Å². The zero-order valence-corrected chi connectivity index (χ0v) is 13.4. The second kappa shape index (κ2) is 6.67. The van der Waals surface area contributed by atoms with Gasteiger partial charge in [0.05, 0.1) is 5.75 Å². The van der Waals surface area contributed by atoms with E-state index in [1.165, 1.54) is 40.6 Å². The number of imidazole rings is 1. The lowest BCUT2D eigenvalue weighted by atomic mass is 10.1. The van der Waals surface area contributed by atoms with Gasteiger partial charge in [-0.25, -0.2) is 21.8 Å². The van der Waals surface area contributed by atoms with Crippen molar-refractivity contribution in [1.29, 1.82) is 0 Å². The molecular formula is C15H19FN4O2S. The predicted molar refractivity (Wildman–Crippen MR) is 86.2 cm³/mol. The third kappa shape index (κ3) is 3.89. The van der Waals surface area contributed by atoms with Crippen molar-refractivity contribution < 1.29 is 12.8 Å². The molecule has 0 atom stereocenters. The maximum absolute atomic E-state index is 12.9. The number of nitrogens with one attached hydrogen (secondary N) is 2. The highest BCUT2D eigenvalue weighted by molar-refractivity contribution is 7.89. The number of piperidine rings is 1. The summed E-state index contributed by atoms with van der Waals surface area (Å²) in [7, 11) is -3.61. The molecule has 0 amide bonds. The maximum Gasteiger partial charge on any atom is 0.245 e. The number of benzene rings is 1. The summed E-state index contributed by atoms with van der Waals surface area (Å²) in [4.78, 5) is 4.12. The number of aromatic nitrogens is 2. The van der Waals surface area contributed by atoms with E-state index in [0.717, 1.165) is 25.9 Å². The van der Waals surface area contributed by atoms with Crippen LogP contribution in [0.3, 0.4) is 0 Å². The molecule has 0 radical (unpaired) electrons. The number of hydrogen-bond donors (Lipinski definition) is 2. The minimum absolute atomic E-state index is 0.204. The highest BCUT2D eigenvalue weighted by atomic mass is 32.2. The zero-order valence-electron chi connectivity index (χ0n) is 12.6. The van der Waals surface area contributed by atoms with Crippen LogP contribution in [0.5, 0.6) is 0 Å². The van der Waals surface area contributed by atoms with Gasteiger partial charge in [0.15, 0.2) is 0 Å². The topological polar surface area (TPSA) is 76.0 Å². The molecule has 2 aromatic rings. The average Bonchev–Trinajstić information content (AvgIpc) is 2.99. The fourth-order valence-electron chi connectivity index (χ4n) is 2.63. The first kappa shape index (κ1) is 15.9. The molecule has 2 heterocycles. The van der Waals surface area contributed by atoms with Crippen molar-refractivity contribution in [2.45, 2.75) is 24.6 Å². The van der Waals surface area contributed by atoms with Crippen LogP contribution in [0.1, 0.15) is 18.4 Å². The number of nitrogens with zero attached hydrogens (tertiary/aromatic N) is 2. The van der Waals surface area contributed by atoms with E-state index in [2.05, 4.69) is 15.6 Å². The molecule has 1 fully saturated rings. The predicted octanol–water partition coefficient (Wildman–Crippen LogP) is 1.56. The van der Waals surface area contributed by atoms with E-state index in [0.29, 0.717) is 11.5 Å². The van der Waals surface area contributed by atoms with Crippen LogP contribution in [0.25, 0.3) is 0 Å². The lowest BCUT2D eigenvalue weighted by Crippen LogP contribution is -2.36. The molecule has 0 aliphatic carbocycles. The molecular weight excluding hydrogens is 319 g/mol. The molecule has 0 bridgehead atoms. The van der Waals surface area contributed by atoms with Crippen LogP contribution in [0.4, 0.5) is 10.3 Å². The Balaban J connectivity index is 1.77. The Labute approximate surface area is 134 Å². The number of anilines is 1. The summed E-state index contributed by atoms with van der Waals surface area (Å²) < 4.78 is 39.3. The van der Waals surface area contributed by atoms with Crippen molar-refractivity contribution in [3.63, 3.8) is 0 Å². The summed E-state index contributed by atoms with van der Waals surface area (Å²) in [6.07, 6.45) is 4.74. The molecule has 1 aromatic heterocycles. The summed E-state index contributed by atoms with van der Waals surface area (Å²) in [5, 5.41) is 6.46. The normalized spacial score (nSPS) is 16.4. The molecule has 0 saturated carbocycles. The monoisotopic (exact) mass is 338 g/mol. The van der Waals surface area contributed by atoms with Crippen LogP contribution in [-0.2, 0) is 15.8 Å². The fourth-order valence-corrected chi connectivity index (χ4v) is 3.98. The minimum Gasteiger partial charge on any atom is -0.352 e. The van der Waals surface area contributed by atoms with Gasteiger partial charge in [-0.2, -0.15) is 0 Å². The summed E-state index contributed by atoms with van der Waals surface area (Å²) >= 11 is 0. The quantitative estimate of drug-likeness (QED) is 0.865. The van der Waals surface area contributed by atoms with Crippen LogP contribution in [0, 0.1) is 5.82 Å². The Bertz CT molecular complexity index is 752. The van der Waals surface area contributed by atoms with E-state index in [4.69, 9.17) is 0 Å². The summed E-state index contributed by atoms with van der Waals surface area (Å²) in [5.74, 6) is -0.258. The van der Waals surface area contributed by atoms with Gasteiger partial charge in [0.2, 0.25) is 16.0 Å². The van der Waals surface area contributed by atoms with E-state index < -0.39 is 10.0 Å². The van der Waals surface area contributed by atoms with Crippen LogP contribution in [0.2, 0.25) is 0 Å². The molecule has 3 rings (SSSR count). The van der Waals surface area contributed by atoms with E-state index in [1.54, 1.807) is 0 Å². The number of rotatable bonds is 5. The molecule has 0 unspecified atom stereocenters. The Morgan fingerprint density at radius 3 is 2.65 bits per heavy atom. The van der Waals surface area contributed by atoms with Gasteiger partial charge in [-0.15, -0.1) is 0 Å².